The molecular formula is C18H19F3N2O2S2. The molecule has 0 bridgehead atoms. The van der Waals surface area contributed by atoms with Crippen molar-refractivity contribution in [3.8, 4) is 0 Å². The summed E-state index contributed by atoms with van der Waals surface area (Å²) in [6.07, 6.45) is -3.11. The number of alkyl halides is 3. The average Bonchev–Trinajstić information content (AvgIpc) is 3.20. The predicted molar refractivity (Wildman–Crippen MR) is 98.3 cm³/mol. The molecule has 0 spiro atoms. The van der Waals surface area contributed by atoms with E-state index < -0.39 is 22.7 Å². The Hall–Kier alpha value is -1.71. The van der Waals surface area contributed by atoms with E-state index in [9.17, 15) is 22.2 Å². The van der Waals surface area contributed by atoms with E-state index in [0.29, 0.717) is 25.9 Å². The Morgan fingerprint density at radius 2 is 2.04 bits per heavy atom. The maximum absolute atomic E-state index is 13.0. The summed E-state index contributed by atoms with van der Waals surface area (Å²) >= 11 is 1.40. The molecule has 27 heavy (non-hydrogen) atoms. The molecule has 2 heterocycles. The first-order valence-corrected chi connectivity index (χ1v) is 10.5. The van der Waals surface area contributed by atoms with Gasteiger partial charge in [-0.15, -0.1) is 11.3 Å². The average molecular weight is 416 g/mol. The lowest BCUT2D eigenvalue weighted by atomic mass is 9.98. The number of thiophene rings is 1. The van der Waals surface area contributed by atoms with Gasteiger partial charge >= 0.3 is 6.18 Å². The molecule has 3 rings (SSSR count). The molecule has 9 heteroatoms. The van der Waals surface area contributed by atoms with Crippen LogP contribution in [0.3, 0.4) is 0 Å². The van der Waals surface area contributed by atoms with Crippen LogP contribution in [-0.2, 0) is 28.5 Å². The van der Waals surface area contributed by atoms with Crippen LogP contribution in [0.2, 0.25) is 0 Å². The van der Waals surface area contributed by atoms with Crippen molar-refractivity contribution in [1.29, 1.82) is 0 Å². The molecule has 1 aliphatic heterocycles. The molecule has 1 amide bonds. The minimum absolute atomic E-state index is 0.0353. The Bertz CT molecular complexity index is 809. The minimum Gasteiger partial charge on any atom is -0.352 e. The van der Waals surface area contributed by atoms with Crippen molar-refractivity contribution in [2.75, 3.05) is 13.1 Å². The van der Waals surface area contributed by atoms with Crippen LogP contribution < -0.4 is 5.32 Å². The first kappa shape index (κ1) is 20.0. The number of carbonyl (C=O) groups is 1. The van der Waals surface area contributed by atoms with E-state index in [2.05, 4.69) is 5.32 Å². The van der Waals surface area contributed by atoms with Gasteiger partial charge < -0.3 is 5.32 Å². The van der Waals surface area contributed by atoms with Gasteiger partial charge in [-0.1, -0.05) is 24.3 Å². The van der Waals surface area contributed by atoms with Crippen LogP contribution in [0.4, 0.5) is 13.2 Å². The summed E-state index contributed by atoms with van der Waals surface area (Å²) in [5, 5.41) is 4.46. The van der Waals surface area contributed by atoms with Crippen LogP contribution >= 0.6 is 11.3 Å². The highest BCUT2D eigenvalue weighted by Crippen LogP contribution is 2.32. The zero-order valence-corrected chi connectivity index (χ0v) is 16.0. The van der Waals surface area contributed by atoms with Gasteiger partial charge in [0, 0.05) is 19.6 Å². The van der Waals surface area contributed by atoms with E-state index >= 15 is 0 Å². The fraction of sp³-hybridized carbons (Fsp3) is 0.389. The quantitative estimate of drug-likeness (QED) is 0.806. The van der Waals surface area contributed by atoms with E-state index in [-0.39, 0.29) is 23.9 Å². The summed E-state index contributed by atoms with van der Waals surface area (Å²) < 4.78 is 54.2. The third-order valence-corrected chi connectivity index (χ3v) is 7.09. The lowest BCUT2D eigenvalue weighted by molar-refractivity contribution is -0.138. The number of halogens is 3. The fourth-order valence-electron chi connectivity index (χ4n) is 3.07. The highest BCUT2D eigenvalue weighted by atomic mass is 32.2. The Labute approximate surface area is 162 Å². The molecule has 1 aromatic carbocycles. The second-order valence-electron chi connectivity index (χ2n) is 6.28. The second kappa shape index (κ2) is 8.53. The largest absolute Gasteiger partial charge is 0.416 e. The minimum atomic E-state index is -4.46. The van der Waals surface area contributed by atoms with Gasteiger partial charge in [0.15, 0.2) is 0 Å². The number of piperidine rings is 1. The molecule has 0 saturated carbocycles. The summed E-state index contributed by atoms with van der Waals surface area (Å²) in [6.45, 7) is 0.779. The molecule has 146 valence electrons. The van der Waals surface area contributed by atoms with Crippen molar-refractivity contribution < 1.29 is 22.2 Å². The normalized spacial score (nSPS) is 19.6. The van der Waals surface area contributed by atoms with Crippen LogP contribution in [0.25, 0.3) is 0 Å². The molecule has 4 nitrogen and oxygen atoms in total. The zero-order valence-electron chi connectivity index (χ0n) is 14.4. The van der Waals surface area contributed by atoms with Crippen molar-refractivity contribution >= 4 is 28.2 Å². The Morgan fingerprint density at radius 3 is 2.74 bits per heavy atom. The molecule has 0 radical (unpaired) electrons. The van der Waals surface area contributed by atoms with Gasteiger partial charge in [0.05, 0.1) is 11.5 Å². The number of nitrogens with zero attached hydrogens (tertiary/aromatic N) is 1. The van der Waals surface area contributed by atoms with Gasteiger partial charge in [-0.2, -0.15) is 13.2 Å². The van der Waals surface area contributed by atoms with Crippen LogP contribution in [-0.4, -0.2) is 27.5 Å². The van der Waals surface area contributed by atoms with Crippen molar-refractivity contribution in [1.82, 2.24) is 9.62 Å². The van der Waals surface area contributed by atoms with E-state index in [4.69, 9.17) is 0 Å². The number of nitrogens with one attached hydrogen (secondary N) is 1. The summed E-state index contributed by atoms with van der Waals surface area (Å²) in [6, 6.07) is 8.83. The van der Waals surface area contributed by atoms with Gasteiger partial charge in [-0.05, 0) is 35.9 Å². The van der Waals surface area contributed by atoms with E-state index in [1.165, 1.54) is 29.5 Å². The van der Waals surface area contributed by atoms with Crippen LogP contribution in [0.1, 0.15) is 24.0 Å². The third-order valence-electron chi connectivity index (χ3n) is 4.43. The molecule has 2 aromatic rings. The molecule has 1 N–H and O–H groups in total. The number of amides is 1. The van der Waals surface area contributed by atoms with E-state index in [1.807, 2.05) is 11.4 Å². The summed E-state index contributed by atoms with van der Waals surface area (Å²) in [4.78, 5) is 12.5. The first-order valence-electron chi connectivity index (χ1n) is 8.49. The summed E-state index contributed by atoms with van der Waals surface area (Å²) in [5.74, 6) is -0.694. The molecule has 1 fully saturated rings. The van der Waals surface area contributed by atoms with Gasteiger partial charge in [0.25, 0.3) is 0 Å². The van der Waals surface area contributed by atoms with Crippen molar-refractivity contribution in [2.45, 2.75) is 29.8 Å². The zero-order chi connectivity index (χ0) is 19.4. The number of benzene rings is 1. The van der Waals surface area contributed by atoms with Gasteiger partial charge in [0.2, 0.25) is 5.91 Å². The molecule has 1 saturated heterocycles. The van der Waals surface area contributed by atoms with Crippen LogP contribution in [0.5, 0.6) is 0 Å². The van der Waals surface area contributed by atoms with Gasteiger partial charge in [-0.3, -0.25) is 4.79 Å². The lowest BCUT2D eigenvalue weighted by Crippen LogP contribution is -2.43. The fourth-order valence-corrected chi connectivity index (χ4v) is 5.40. The number of hydrogen-bond donors (Lipinski definition) is 1. The van der Waals surface area contributed by atoms with E-state index in [0.717, 1.165) is 10.3 Å². The summed E-state index contributed by atoms with van der Waals surface area (Å²) in [7, 11) is -1.31. The van der Waals surface area contributed by atoms with Crippen LogP contribution in [0.15, 0.2) is 46.0 Å². The number of hydrogen-bond acceptors (Lipinski definition) is 3. The molecule has 1 aliphatic rings. The SMILES string of the molecule is O=C(NCc1ccccc1C(F)(F)F)C1CCCN(S(=O)c2cccs2)C1. The van der Waals surface area contributed by atoms with Gasteiger partial charge in [-0.25, -0.2) is 8.51 Å². The number of rotatable bonds is 5. The second-order valence-corrected chi connectivity index (χ2v) is 8.94. The Kier molecular flexibility index (Phi) is 6.33. The van der Waals surface area contributed by atoms with Gasteiger partial charge in [0.1, 0.15) is 15.2 Å². The van der Waals surface area contributed by atoms with E-state index in [1.54, 1.807) is 10.4 Å². The molecule has 2 atom stereocenters. The van der Waals surface area contributed by atoms with Crippen molar-refractivity contribution in [3.05, 3.63) is 52.9 Å². The Morgan fingerprint density at radius 1 is 1.26 bits per heavy atom. The molecular weight excluding hydrogens is 397 g/mol. The molecule has 2 unspecified atom stereocenters. The highest BCUT2D eigenvalue weighted by Gasteiger charge is 2.33. The topological polar surface area (TPSA) is 49.4 Å². The molecule has 1 aromatic heterocycles. The molecule has 0 aliphatic carbocycles. The van der Waals surface area contributed by atoms with Crippen LogP contribution in [0, 0.1) is 5.92 Å². The monoisotopic (exact) mass is 416 g/mol. The third kappa shape index (κ3) is 4.97. The smallest absolute Gasteiger partial charge is 0.352 e. The first-order chi connectivity index (χ1) is 12.9. The van der Waals surface area contributed by atoms with Crippen molar-refractivity contribution in [3.63, 3.8) is 0 Å². The van der Waals surface area contributed by atoms with Crippen molar-refractivity contribution in [2.24, 2.45) is 5.92 Å². The maximum Gasteiger partial charge on any atom is 0.416 e. The maximum atomic E-state index is 13.0. The standard InChI is InChI=1S/C18H19F3N2O2S2/c19-18(20,21)15-7-2-1-5-13(15)11-22-17(24)14-6-3-9-23(12-14)27(25)16-8-4-10-26-16/h1-2,4-5,7-8,10,14H,3,6,9,11-12H2,(H,22,24). The highest BCUT2D eigenvalue weighted by molar-refractivity contribution is 7.85. The Balaban J connectivity index is 1.61. The predicted octanol–water partition coefficient (Wildman–Crippen LogP) is 3.82. The number of carbonyl (C=O) groups excluding carboxylic acids is 1. The summed E-state index contributed by atoms with van der Waals surface area (Å²) in [5.41, 5.74) is -0.706. The lowest BCUT2D eigenvalue weighted by Gasteiger charge is -2.30.